The third kappa shape index (κ3) is 2.98. The molecule has 0 aromatic heterocycles. The van der Waals surface area contributed by atoms with Crippen LogP contribution in [0.4, 0.5) is 0 Å². The van der Waals surface area contributed by atoms with Crippen LogP contribution in [-0.2, 0) is 11.3 Å². The summed E-state index contributed by atoms with van der Waals surface area (Å²) in [5.74, 6) is 2.41. The van der Waals surface area contributed by atoms with Gasteiger partial charge < -0.3 is 14.8 Å². The number of rotatable bonds is 4. The van der Waals surface area contributed by atoms with Crippen LogP contribution in [0.2, 0.25) is 0 Å². The lowest BCUT2D eigenvalue weighted by Gasteiger charge is -2.33. The van der Waals surface area contributed by atoms with Crippen LogP contribution < -0.4 is 14.8 Å². The number of benzene rings is 1. The Hall–Kier alpha value is -1.79. The molecular formula is C19H27N3O3. The smallest absolute Gasteiger partial charge is 0.237 e. The highest BCUT2D eigenvalue weighted by atomic mass is 16.7. The van der Waals surface area contributed by atoms with Crippen molar-refractivity contribution in [1.82, 2.24) is 15.1 Å². The Kier molecular flexibility index (Phi) is 4.33. The van der Waals surface area contributed by atoms with Gasteiger partial charge in [0.25, 0.3) is 0 Å². The second kappa shape index (κ2) is 6.50. The molecule has 0 saturated carbocycles. The van der Waals surface area contributed by atoms with Crippen LogP contribution in [-0.4, -0.2) is 60.8 Å². The van der Waals surface area contributed by atoms with Crippen LogP contribution in [0.25, 0.3) is 0 Å². The summed E-state index contributed by atoms with van der Waals surface area (Å²) in [4.78, 5) is 17.2. The van der Waals surface area contributed by atoms with Gasteiger partial charge in [-0.2, -0.15) is 0 Å². The Balaban J connectivity index is 1.44. The predicted molar refractivity (Wildman–Crippen MR) is 94.6 cm³/mol. The Labute approximate surface area is 149 Å². The van der Waals surface area contributed by atoms with E-state index in [0.29, 0.717) is 24.8 Å². The van der Waals surface area contributed by atoms with Crippen LogP contribution in [0.3, 0.4) is 0 Å². The SMILES string of the molecule is CNC(=O)[C@@H]1C[C@H]2CN(Cc3ccc4c(c3)OCO4)C[C@H]2N1C(C)C. The molecule has 25 heavy (non-hydrogen) atoms. The van der Waals surface area contributed by atoms with Gasteiger partial charge in [0.2, 0.25) is 12.7 Å². The summed E-state index contributed by atoms with van der Waals surface area (Å²) in [6.07, 6.45) is 0.958. The molecule has 2 fully saturated rings. The van der Waals surface area contributed by atoms with Gasteiger partial charge in [-0.3, -0.25) is 14.6 Å². The topological polar surface area (TPSA) is 54.0 Å². The molecule has 6 nitrogen and oxygen atoms in total. The summed E-state index contributed by atoms with van der Waals surface area (Å²) >= 11 is 0. The molecule has 0 aliphatic carbocycles. The fraction of sp³-hybridized carbons (Fsp3) is 0.632. The second-order valence-electron chi connectivity index (χ2n) is 7.62. The number of amides is 1. The molecule has 3 aliphatic heterocycles. The number of carbonyl (C=O) groups excluding carboxylic acids is 1. The lowest BCUT2D eigenvalue weighted by Crippen LogP contribution is -2.50. The number of hydrogen-bond donors (Lipinski definition) is 1. The number of nitrogens with zero attached hydrogens (tertiary/aromatic N) is 2. The molecule has 4 rings (SSSR count). The molecule has 3 atom stereocenters. The molecule has 3 aliphatic rings. The number of likely N-dealkylation sites (tertiary alicyclic amines) is 2. The van der Waals surface area contributed by atoms with Gasteiger partial charge in [0.05, 0.1) is 6.04 Å². The number of nitrogens with one attached hydrogen (secondary N) is 1. The molecule has 1 N–H and O–H groups in total. The molecule has 6 heteroatoms. The van der Waals surface area contributed by atoms with E-state index in [0.717, 1.165) is 37.6 Å². The zero-order valence-electron chi connectivity index (χ0n) is 15.2. The third-order valence-corrected chi connectivity index (χ3v) is 5.74. The zero-order chi connectivity index (χ0) is 17.6. The quantitative estimate of drug-likeness (QED) is 0.895. The van der Waals surface area contributed by atoms with Gasteiger partial charge in [-0.1, -0.05) is 6.07 Å². The van der Waals surface area contributed by atoms with Crippen molar-refractivity contribution in [2.75, 3.05) is 26.9 Å². The minimum atomic E-state index is 0.0210. The molecule has 3 heterocycles. The maximum absolute atomic E-state index is 12.2. The summed E-state index contributed by atoms with van der Waals surface area (Å²) in [5, 5.41) is 2.84. The van der Waals surface area contributed by atoms with Crippen LogP contribution in [0.1, 0.15) is 25.8 Å². The maximum Gasteiger partial charge on any atom is 0.237 e. The van der Waals surface area contributed by atoms with Crippen molar-refractivity contribution in [2.24, 2.45) is 5.92 Å². The molecular weight excluding hydrogens is 318 g/mol. The molecule has 0 unspecified atom stereocenters. The van der Waals surface area contributed by atoms with E-state index in [1.54, 1.807) is 7.05 Å². The summed E-state index contributed by atoms with van der Waals surface area (Å²) < 4.78 is 10.9. The Morgan fingerprint density at radius 2 is 2.08 bits per heavy atom. The van der Waals surface area contributed by atoms with E-state index in [9.17, 15) is 4.79 Å². The predicted octanol–water partition coefficient (Wildman–Crippen LogP) is 1.44. The lowest BCUT2D eigenvalue weighted by molar-refractivity contribution is -0.126. The van der Waals surface area contributed by atoms with Crippen LogP contribution in [0.5, 0.6) is 11.5 Å². The fourth-order valence-electron chi connectivity index (χ4n) is 4.73. The van der Waals surface area contributed by atoms with Crippen LogP contribution in [0.15, 0.2) is 18.2 Å². The molecule has 136 valence electrons. The van der Waals surface area contributed by atoms with Gasteiger partial charge in [-0.15, -0.1) is 0 Å². The number of ether oxygens (including phenoxy) is 2. The van der Waals surface area contributed by atoms with Gasteiger partial charge in [0, 0.05) is 38.8 Å². The molecule has 1 aromatic carbocycles. The zero-order valence-corrected chi connectivity index (χ0v) is 15.2. The van der Waals surface area contributed by atoms with E-state index in [-0.39, 0.29) is 11.9 Å². The summed E-state index contributed by atoms with van der Waals surface area (Å²) in [6, 6.07) is 7.07. The van der Waals surface area contributed by atoms with Gasteiger partial charge in [0.1, 0.15) is 0 Å². The molecule has 0 radical (unpaired) electrons. The maximum atomic E-state index is 12.2. The average molecular weight is 345 g/mol. The van der Waals surface area contributed by atoms with Crippen LogP contribution >= 0.6 is 0 Å². The van der Waals surface area contributed by atoms with Gasteiger partial charge >= 0.3 is 0 Å². The molecule has 1 amide bonds. The Bertz CT molecular complexity index is 663. The monoisotopic (exact) mass is 345 g/mol. The normalized spacial score (nSPS) is 28.6. The van der Waals surface area contributed by atoms with Crippen molar-refractivity contribution in [3.63, 3.8) is 0 Å². The van der Waals surface area contributed by atoms with Crippen molar-refractivity contribution < 1.29 is 14.3 Å². The van der Waals surface area contributed by atoms with E-state index in [1.165, 1.54) is 5.56 Å². The van der Waals surface area contributed by atoms with Crippen molar-refractivity contribution in [2.45, 2.75) is 44.9 Å². The van der Waals surface area contributed by atoms with E-state index >= 15 is 0 Å². The first-order chi connectivity index (χ1) is 12.1. The van der Waals surface area contributed by atoms with Crippen molar-refractivity contribution in [3.05, 3.63) is 23.8 Å². The summed E-state index contributed by atoms with van der Waals surface area (Å²) in [6.45, 7) is 7.69. The summed E-state index contributed by atoms with van der Waals surface area (Å²) in [5.41, 5.74) is 1.25. The van der Waals surface area contributed by atoms with E-state index in [4.69, 9.17) is 9.47 Å². The standard InChI is InChI=1S/C19H27N3O3/c1-12(2)22-15(19(23)20-3)7-14-9-21(10-16(14)22)8-13-4-5-17-18(6-13)25-11-24-17/h4-6,12,14-16H,7-11H2,1-3H3,(H,20,23)/t14-,15-,16+/m0/s1. The van der Waals surface area contributed by atoms with Gasteiger partial charge in [0.15, 0.2) is 11.5 Å². The highest BCUT2D eigenvalue weighted by Gasteiger charge is 2.49. The minimum absolute atomic E-state index is 0.0210. The van der Waals surface area contributed by atoms with E-state index < -0.39 is 0 Å². The van der Waals surface area contributed by atoms with Gasteiger partial charge in [-0.25, -0.2) is 0 Å². The van der Waals surface area contributed by atoms with E-state index in [2.05, 4.69) is 41.1 Å². The van der Waals surface area contributed by atoms with Crippen LogP contribution in [0, 0.1) is 5.92 Å². The molecule has 0 spiro atoms. The molecule has 2 saturated heterocycles. The lowest BCUT2D eigenvalue weighted by atomic mass is 10.0. The first kappa shape index (κ1) is 16.7. The van der Waals surface area contributed by atoms with E-state index in [1.807, 2.05) is 6.07 Å². The average Bonchev–Trinajstić information content (AvgIpc) is 3.26. The second-order valence-corrected chi connectivity index (χ2v) is 7.62. The van der Waals surface area contributed by atoms with Crippen molar-refractivity contribution in [3.8, 4) is 11.5 Å². The number of carbonyl (C=O) groups is 1. The van der Waals surface area contributed by atoms with Gasteiger partial charge in [-0.05, 0) is 43.9 Å². The Morgan fingerprint density at radius 3 is 2.84 bits per heavy atom. The molecule has 1 aromatic rings. The summed E-state index contributed by atoms with van der Waals surface area (Å²) in [7, 11) is 1.74. The highest BCUT2D eigenvalue weighted by Crippen LogP contribution is 2.38. The largest absolute Gasteiger partial charge is 0.454 e. The van der Waals surface area contributed by atoms with Crippen molar-refractivity contribution >= 4 is 5.91 Å². The first-order valence-corrected chi connectivity index (χ1v) is 9.16. The highest BCUT2D eigenvalue weighted by molar-refractivity contribution is 5.82. The number of fused-ring (bicyclic) bond motifs is 2. The minimum Gasteiger partial charge on any atom is -0.454 e. The fourth-order valence-corrected chi connectivity index (χ4v) is 4.73. The number of likely N-dealkylation sites (N-methyl/N-ethyl adjacent to an activating group) is 1. The third-order valence-electron chi connectivity index (χ3n) is 5.74. The van der Waals surface area contributed by atoms with Crippen molar-refractivity contribution in [1.29, 1.82) is 0 Å². The first-order valence-electron chi connectivity index (χ1n) is 9.16. The number of hydrogen-bond acceptors (Lipinski definition) is 5. The Morgan fingerprint density at radius 1 is 1.28 bits per heavy atom. The molecule has 0 bridgehead atoms.